The maximum absolute atomic E-state index is 13.2. The van der Waals surface area contributed by atoms with E-state index >= 15 is 0 Å². The van der Waals surface area contributed by atoms with Crippen molar-refractivity contribution < 1.29 is 14.3 Å². The second kappa shape index (κ2) is 10.2. The number of aryl methyl sites for hydroxylation is 1. The molecule has 180 valence electrons. The molecule has 0 unspecified atom stereocenters. The summed E-state index contributed by atoms with van der Waals surface area (Å²) < 4.78 is 5.51. The van der Waals surface area contributed by atoms with E-state index in [9.17, 15) is 9.59 Å². The Morgan fingerprint density at radius 3 is 2.42 bits per heavy atom. The number of hydrogen-bond acceptors (Lipinski definition) is 5. The lowest BCUT2D eigenvalue weighted by Gasteiger charge is -2.40. The number of anilines is 1. The lowest BCUT2D eigenvalue weighted by atomic mass is 9.96. The van der Waals surface area contributed by atoms with Crippen LogP contribution in [0.5, 0.6) is 0 Å². The predicted octanol–water partition coefficient (Wildman–Crippen LogP) is 3.95. The SMILES string of the molecule is Cc1cc(N2CCN(C(=O)[C@H]3CCCN(C(=O)OC(C)(C)C)C3)CC2)c2ccccc2n1.S. The molecule has 3 heterocycles. The molecule has 2 fully saturated rings. The number of benzene rings is 1. The maximum Gasteiger partial charge on any atom is 0.410 e. The van der Waals surface area contributed by atoms with Gasteiger partial charge in [-0.25, -0.2) is 4.79 Å². The number of aromatic nitrogens is 1. The Morgan fingerprint density at radius 1 is 1.03 bits per heavy atom. The number of ether oxygens (including phenoxy) is 1. The van der Waals surface area contributed by atoms with Crippen LogP contribution in [0.15, 0.2) is 30.3 Å². The van der Waals surface area contributed by atoms with Gasteiger partial charge in [0, 0.05) is 56.0 Å². The average Bonchev–Trinajstić information content (AvgIpc) is 2.77. The molecular formula is C25H36N4O3S. The molecule has 2 saturated heterocycles. The standard InChI is InChI=1S/C25H34N4O3.H2S/c1-18-16-22(20-9-5-6-10-21(20)26-18)27-12-14-28(15-13-27)23(30)19-8-7-11-29(17-19)24(31)32-25(2,3)4;/h5-6,9-10,16,19H,7-8,11-15,17H2,1-4H3;1H2/t19-;/m0./s1. The topological polar surface area (TPSA) is 66.0 Å². The van der Waals surface area contributed by atoms with Gasteiger partial charge in [0.1, 0.15) is 5.60 Å². The number of piperidine rings is 1. The van der Waals surface area contributed by atoms with Crippen molar-refractivity contribution in [3.05, 3.63) is 36.0 Å². The molecule has 2 aliphatic rings. The van der Waals surface area contributed by atoms with Gasteiger partial charge in [-0.1, -0.05) is 18.2 Å². The van der Waals surface area contributed by atoms with Crippen LogP contribution in [0, 0.1) is 12.8 Å². The number of nitrogens with zero attached hydrogens (tertiary/aromatic N) is 4. The second-order valence-corrected chi connectivity index (χ2v) is 9.88. The minimum Gasteiger partial charge on any atom is -0.444 e. The fraction of sp³-hybridized carbons (Fsp3) is 0.560. The number of carbonyl (C=O) groups is 2. The van der Waals surface area contributed by atoms with E-state index in [-0.39, 0.29) is 31.4 Å². The second-order valence-electron chi connectivity index (χ2n) is 9.88. The first-order valence-corrected chi connectivity index (χ1v) is 11.6. The zero-order chi connectivity index (χ0) is 22.9. The summed E-state index contributed by atoms with van der Waals surface area (Å²) >= 11 is 0. The molecule has 0 bridgehead atoms. The summed E-state index contributed by atoms with van der Waals surface area (Å²) in [6.45, 7) is 11.7. The van der Waals surface area contributed by atoms with Crippen LogP contribution in [0.25, 0.3) is 10.9 Å². The molecule has 1 aromatic carbocycles. The Bertz CT molecular complexity index is 999. The van der Waals surface area contributed by atoms with Crippen molar-refractivity contribution in [1.82, 2.24) is 14.8 Å². The van der Waals surface area contributed by atoms with E-state index in [2.05, 4.69) is 22.0 Å². The van der Waals surface area contributed by atoms with Gasteiger partial charge in [0.2, 0.25) is 5.91 Å². The number of rotatable bonds is 2. The fourth-order valence-electron chi connectivity index (χ4n) is 4.64. The number of amides is 2. The van der Waals surface area contributed by atoms with Gasteiger partial charge >= 0.3 is 6.09 Å². The normalized spacial score (nSPS) is 19.3. The molecule has 7 nitrogen and oxygen atoms in total. The van der Waals surface area contributed by atoms with Crippen molar-refractivity contribution in [2.24, 2.45) is 5.92 Å². The van der Waals surface area contributed by atoms with Crippen molar-refractivity contribution >= 4 is 42.1 Å². The molecule has 4 rings (SSSR count). The number of piperazine rings is 1. The monoisotopic (exact) mass is 472 g/mol. The third-order valence-electron chi connectivity index (χ3n) is 6.18. The van der Waals surface area contributed by atoms with E-state index in [4.69, 9.17) is 4.74 Å². The van der Waals surface area contributed by atoms with Gasteiger partial charge in [0.25, 0.3) is 0 Å². The summed E-state index contributed by atoms with van der Waals surface area (Å²) in [5.74, 6) is 0.0143. The number of hydrogen-bond donors (Lipinski definition) is 0. The highest BCUT2D eigenvalue weighted by molar-refractivity contribution is 7.59. The van der Waals surface area contributed by atoms with Gasteiger partial charge in [-0.05, 0) is 52.7 Å². The van der Waals surface area contributed by atoms with E-state index in [1.54, 1.807) is 4.90 Å². The summed E-state index contributed by atoms with van der Waals surface area (Å²) in [4.78, 5) is 36.4. The van der Waals surface area contributed by atoms with Crippen LogP contribution in [0.4, 0.5) is 10.5 Å². The number of likely N-dealkylation sites (tertiary alicyclic amines) is 1. The lowest BCUT2D eigenvalue weighted by Crippen LogP contribution is -2.53. The third kappa shape index (κ3) is 5.91. The van der Waals surface area contributed by atoms with Gasteiger partial charge in [-0.2, -0.15) is 13.5 Å². The van der Waals surface area contributed by atoms with Crippen LogP contribution in [0.3, 0.4) is 0 Å². The average molecular weight is 473 g/mol. The quantitative estimate of drug-likeness (QED) is 0.662. The number of carbonyl (C=O) groups excluding carboxylic acids is 2. The Hall–Kier alpha value is -2.48. The van der Waals surface area contributed by atoms with Gasteiger partial charge in [0.05, 0.1) is 11.4 Å². The molecule has 8 heteroatoms. The summed E-state index contributed by atoms with van der Waals surface area (Å²) in [6, 6.07) is 10.4. The molecule has 0 radical (unpaired) electrons. The summed E-state index contributed by atoms with van der Waals surface area (Å²) in [5, 5.41) is 1.15. The minimum absolute atomic E-state index is 0. The zero-order valence-electron chi connectivity index (χ0n) is 20.1. The van der Waals surface area contributed by atoms with Crippen molar-refractivity contribution in [1.29, 1.82) is 0 Å². The molecule has 1 aromatic heterocycles. The van der Waals surface area contributed by atoms with Crippen molar-refractivity contribution in [2.45, 2.75) is 46.1 Å². The third-order valence-corrected chi connectivity index (χ3v) is 6.18. The fourth-order valence-corrected chi connectivity index (χ4v) is 4.64. The summed E-state index contributed by atoms with van der Waals surface area (Å²) in [6.07, 6.45) is 1.34. The van der Waals surface area contributed by atoms with E-state index < -0.39 is 5.60 Å². The van der Waals surface area contributed by atoms with Crippen LogP contribution in [-0.4, -0.2) is 71.7 Å². The molecule has 33 heavy (non-hydrogen) atoms. The Morgan fingerprint density at radius 2 is 1.73 bits per heavy atom. The molecule has 0 N–H and O–H groups in total. The Balaban J connectivity index is 0.00000306. The highest BCUT2D eigenvalue weighted by Gasteiger charge is 2.34. The van der Waals surface area contributed by atoms with E-state index in [1.165, 1.54) is 5.69 Å². The molecule has 0 spiro atoms. The van der Waals surface area contributed by atoms with E-state index in [1.807, 2.05) is 50.8 Å². The smallest absolute Gasteiger partial charge is 0.410 e. The molecule has 2 amide bonds. The van der Waals surface area contributed by atoms with Gasteiger partial charge < -0.3 is 19.4 Å². The highest BCUT2D eigenvalue weighted by atomic mass is 32.1. The van der Waals surface area contributed by atoms with Gasteiger partial charge in [-0.15, -0.1) is 0 Å². The van der Waals surface area contributed by atoms with Crippen molar-refractivity contribution in [2.75, 3.05) is 44.2 Å². The number of pyridine rings is 1. The molecule has 1 atom stereocenters. The van der Waals surface area contributed by atoms with Gasteiger partial charge in [-0.3, -0.25) is 9.78 Å². The van der Waals surface area contributed by atoms with Gasteiger partial charge in [0.15, 0.2) is 0 Å². The van der Waals surface area contributed by atoms with Crippen LogP contribution in [-0.2, 0) is 9.53 Å². The molecule has 0 saturated carbocycles. The largest absolute Gasteiger partial charge is 0.444 e. The van der Waals surface area contributed by atoms with E-state index in [0.717, 1.165) is 42.5 Å². The van der Waals surface area contributed by atoms with Crippen LogP contribution in [0.2, 0.25) is 0 Å². The van der Waals surface area contributed by atoms with Crippen LogP contribution in [0.1, 0.15) is 39.3 Å². The van der Waals surface area contributed by atoms with Crippen molar-refractivity contribution in [3.63, 3.8) is 0 Å². The van der Waals surface area contributed by atoms with E-state index in [0.29, 0.717) is 26.2 Å². The Kier molecular flexibility index (Phi) is 7.77. The molecular weight excluding hydrogens is 436 g/mol. The van der Waals surface area contributed by atoms with Crippen LogP contribution < -0.4 is 4.90 Å². The highest BCUT2D eigenvalue weighted by Crippen LogP contribution is 2.28. The predicted molar refractivity (Wildman–Crippen MR) is 136 cm³/mol. The number of fused-ring (bicyclic) bond motifs is 1. The molecule has 2 aliphatic heterocycles. The van der Waals surface area contributed by atoms with Crippen molar-refractivity contribution in [3.8, 4) is 0 Å². The first-order chi connectivity index (χ1) is 15.2. The lowest BCUT2D eigenvalue weighted by molar-refractivity contribution is -0.137. The number of para-hydroxylation sites is 1. The molecule has 2 aromatic rings. The zero-order valence-corrected chi connectivity index (χ0v) is 21.1. The summed E-state index contributed by atoms with van der Waals surface area (Å²) in [5.41, 5.74) is 2.67. The first kappa shape index (κ1) is 25.1. The summed E-state index contributed by atoms with van der Waals surface area (Å²) in [7, 11) is 0. The Labute approximate surface area is 203 Å². The first-order valence-electron chi connectivity index (χ1n) is 11.6. The minimum atomic E-state index is -0.528. The molecule has 0 aliphatic carbocycles. The maximum atomic E-state index is 13.2. The van der Waals surface area contributed by atoms with Crippen LogP contribution >= 0.6 is 13.5 Å².